The number of alkyl halides is 3. The van der Waals surface area contributed by atoms with Crippen molar-refractivity contribution in [2.75, 3.05) is 13.1 Å². The fraction of sp³-hybridized carbons (Fsp3) is 0.636. The lowest BCUT2D eigenvalue weighted by atomic mass is 9.70. The molecular weight excluding hydrogens is 381 g/mol. The molecule has 3 fully saturated rings. The molecule has 3 aliphatic rings. The monoisotopic (exact) mass is 408 g/mol. The van der Waals surface area contributed by atoms with Gasteiger partial charge in [-0.2, -0.15) is 13.2 Å². The van der Waals surface area contributed by atoms with Crippen molar-refractivity contribution in [3.63, 3.8) is 0 Å². The third-order valence-corrected chi connectivity index (χ3v) is 6.76. The van der Waals surface area contributed by atoms with Gasteiger partial charge in [-0.15, -0.1) is 0 Å². The van der Waals surface area contributed by atoms with E-state index in [0.717, 1.165) is 31.2 Å². The van der Waals surface area contributed by atoms with Crippen LogP contribution >= 0.6 is 0 Å². The van der Waals surface area contributed by atoms with Gasteiger partial charge in [-0.3, -0.25) is 9.59 Å². The second kappa shape index (κ2) is 8.00. The molecular formula is C22H27F3N2O2. The van der Waals surface area contributed by atoms with E-state index in [1.165, 1.54) is 0 Å². The highest BCUT2D eigenvalue weighted by Gasteiger charge is 2.49. The molecule has 3 heterocycles. The first-order chi connectivity index (χ1) is 13.8. The molecule has 3 aliphatic heterocycles. The fourth-order valence-corrected chi connectivity index (χ4v) is 5.50. The number of rotatable bonds is 4. The molecule has 0 N–H and O–H groups in total. The van der Waals surface area contributed by atoms with Gasteiger partial charge in [0.25, 0.3) is 0 Å². The first kappa shape index (κ1) is 20.2. The molecule has 7 heteroatoms. The Labute approximate surface area is 169 Å². The van der Waals surface area contributed by atoms with Gasteiger partial charge in [0.2, 0.25) is 11.8 Å². The number of nitrogens with zero attached hydrogens (tertiary/aromatic N) is 2. The van der Waals surface area contributed by atoms with E-state index in [0.29, 0.717) is 19.5 Å². The van der Waals surface area contributed by atoms with Crippen LogP contribution in [0.25, 0.3) is 0 Å². The highest BCUT2D eigenvalue weighted by Crippen LogP contribution is 2.42. The van der Waals surface area contributed by atoms with Crippen LogP contribution in [0.5, 0.6) is 0 Å². The van der Waals surface area contributed by atoms with Crippen LogP contribution in [0, 0.1) is 11.8 Å². The van der Waals surface area contributed by atoms with E-state index in [9.17, 15) is 22.8 Å². The number of hydrogen-bond acceptors (Lipinski definition) is 2. The maximum absolute atomic E-state index is 12.8. The van der Waals surface area contributed by atoms with Gasteiger partial charge < -0.3 is 9.80 Å². The van der Waals surface area contributed by atoms with E-state index < -0.39 is 24.9 Å². The van der Waals surface area contributed by atoms with Gasteiger partial charge in [-0.1, -0.05) is 30.3 Å². The number of amides is 2. The van der Waals surface area contributed by atoms with Gasteiger partial charge in [0.1, 0.15) is 0 Å². The van der Waals surface area contributed by atoms with Crippen LogP contribution in [0.2, 0.25) is 0 Å². The third-order valence-electron chi connectivity index (χ3n) is 6.76. The van der Waals surface area contributed by atoms with Gasteiger partial charge >= 0.3 is 6.18 Å². The van der Waals surface area contributed by atoms with Gasteiger partial charge in [-0.25, -0.2) is 0 Å². The molecule has 2 bridgehead atoms. The lowest BCUT2D eigenvalue weighted by Crippen LogP contribution is -2.66. The summed E-state index contributed by atoms with van der Waals surface area (Å²) >= 11 is 0. The number of halogens is 3. The van der Waals surface area contributed by atoms with E-state index >= 15 is 0 Å². The first-order valence-electron chi connectivity index (χ1n) is 10.5. The normalized spacial score (nSPS) is 29.6. The minimum absolute atomic E-state index is 0.00432. The highest BCUT2D eigenvalue weighted by molar-refractivity contribution is 5.79. The van der Waals surface area contributed by atoms with Crippen LogP contribution in [0.4, 0.5) is 13.2 Å². The number of likely N-dealkylation sites (tertiary alicyclic amines) is 1. The van der Waals surface area contributed by atoms with Crippen LogP contribution < -0.4 is 0 Å². The molecule has 3 saturated heterocycles. The second-order valence-electron chi connectivity index (χ2n) is 8.69. The van der Waals surface area contributed by atoms with Gasteiger partial charge in [-0.05, 0) is 43.1 Å². The van der Waals surface area contributed by atoms with Crippen LogP contribution in [0.15, 0.2) is 30.3 Å². The maximum Gasteiger partial charge on any atom is 0.389 e. The average Bonchev–Trinajstić information content (AvgIpc) is 2.69. The number of piperidine rings is 3. The number of fused-ring (bicyclic) bond motifs is 4. The lowest BCUT2D eigenvalue weighted by Gasteiger charge is -2.56. The molecule has 0 radical (unpaired) electrons. The van der Waals surface area contributed by atoms with Crippen molar-refractivity contribution < 1.29 is 22.8 Å². The summed E-state index contributed by atoms with van der Waals surface area (Å²) in [5.41, 5.74) is 1.15. The summed E-state index contributed by atoms with van der Waals surface area (Å²) in [6.07, 6.45) is -1.88. The number of hydrogen-bond donors (Lipinski definition) is 0. The zero-order valence-corrected chi connectivity index (χ0v) is 16.4. The maximum atomic E-state index is 12.8. The molecule has 158 valence electrons. The second-order valence-corrected chi connectivity index (χ2v) is 8.69. The molecule has 0 unspecified atom stereocenters. The Morgan fingerprint density at radius 2 is 1.83 bits per heavy atom. The fourth-order valence-electron chi connectivity index (χ4n) is 5.50. The molecule has 4 atom stereocenters. The van der Waals surface area contributed by atoms with Crippen molar-refractivity contribution in [2.24, 2.45) is 11.8 Å². The number of carbonyl (C=O) groups excluding carboxylic acids is 2. The highest BCUT2D eigenvalue weighted by atomic mass is 19.4. The lowest BCUT2D eigenvalue weighted by molar-refractivity contribution is -0.160. The Balaban J connectivity index is 1.54. The van der Waals surface area contributed by atoms with Crippen molar-refractivity contribution in [2.45, 2.75) is 63.2 Å². The molecule has 0 aliphatic carbocycles. The van der Waals surface area contributed by atoms with Crippen LogP contribution in [-0.4, -0.2) is 53.0 Å². The third kappa shape index (κ3) is 4.43. The van der Waals surface area contributed by atoms with E-state index in [2.05, 4.69) is 4.90 Å². The molecule has 29 heavy (non-hydrogen) atoms. The van der Waals surface area contributed by atoms with Crippen molar-refractivity contribution in [3.05, 3.63) is 35.9 Å². The smallest absolute Gasteiger partial charge is 0.342 e. The van der Waals surface area contributed by atoms with E-state index in [4.69, 9.17) is 0 Å². The molecule has 1 aromatic rings. The Hall–Kier alpha value is -2.05. The topological polar surface area (TPSA) is 40.6 Å². The molecule has 0 saturated carbocycles. The number of carbonyl (C=O) groups is 2. The van der Waals surface area contributed by atoms with Gasteiger partial charge in [0, 0.05) is 38.0 Å². The summed E-state index contributed by atoms with van der Waals surface area (Å²) in [6, 6.07) is 10.1. The summed E-state index contributed by atoms with van der Waals surface area (Å²) < 4.78 is 37.7. The zero-order valence-electron chi connectivity index (χ0n) is 16.4. The predicted molar refractivity (Wildman–Crippen MR) is 102 cm³/mol. The quantitative estimate of drug-likeness (QED) is 0.760. The summed E-state index contributed by atoms with van der Waals surface area (Å²) in [5.74, 6) is 0.0572. The largest absolute Gasteiger partial charge is 0.389 e. The molecule has 4 nitrogen and oxygen atoms in total. The Bertz CT molecular complexity index is 752. The van der Waals surface area contributed by atoms with E-state index in [1.54, 1.807) is 4.90 Å². The molecule has 1 aromatic carbocycles. The summed E-state index contributed by atoms with van der Waals surface area (Å²) in [5, 5.41) is 0. The Morgan fingerprint density at radius 3 is 2.55 bits per heavy atom. The minimum atomic E-state index is -4.32. The van der Waals surface area contributed by atoms with Crippen molar-refractivity contribution in [3.8, 4) is 0 Å². The predicted octanol–water partition coefficient (Wildman–Crippen LogP) is 3.80. The molecule has 2 amide bonds. The summed E-state index contributed by atoms with van der Waals surface area (Å²) in [6.45, 7) is 0.918. The molecule has 4 rings (SSSR count). The van der Waals surface area contributed by atoms with Crippen molar-refractivity contribution in [1.82, 2.24) is 9.80 Å². The zero-order chi connectivity index (χ0) is 20.6. The standard InChI is InChI=1S/C22H27F3N2O2/c23-22(24,25)10-9-20(28)26-13-16-12-17(14-26)19(11-15-5-2-1-3-6-15)27-18(16)7-4-8-21(27)29/h1-3,5-6,16-19H,4,7-14H2/t16-,17+,18+,19+/m1/s1. The molecule has 0 aromatic heterocycles. The van der Waals surface area contributed by atoms with E-state index in [1.807, 2.05) is 30.3 Å². The van der Waals surface area contributed by atoms with E-state index in [-0.39, 0.29) is 29.8 Å². The Kier molecular flexibility index (Phi) is 5.58. The summed E-state index contributed by atoms with van der Waals surface area (Å²) in [4.78, 5) is 29.0. The van der Waals surface area contributed by atoms with Gasteiger partial charge in [0.05, 0.1) is 6.42 Å². The minimum Gasteiger partial charge on any atom is -0.342 e. The van der Waals surface area contributed by atoms with Crippen molar-refractivity contribution in [1.29, 1.82) is 0 Å². The SMILES string of the molecule is O=C(CCC(F)(F)F)N1C[C@H]2C[C@@H](C1)[C@H](Cc1ccccc1)N1C(=O)CCC[C@@H]21. The first-order valence-corrected chi connectivity index (χ1v) is 10.5. The molecule has 0 spiro atoms. The summed E-state index contributed by atoms with van der Waals surface area (Å²) in [7, 11) is 0. The number of benzene rings is 1. The van der Waals surface area contributed by atoms with Crippen LogP contribution in [0.3, 0.4) is 0 Å². The van der Waals surface area contributed by atoms with Crippen LogP contribution in [0.1, 0.15) is 44.1 Å². The Morgan fingerprint density at radius 1 is 1.10 bits per heavy atom. The van der Waals surface area contributed by atoms with Crippen LogP contribution in [-0.2, 0) is 16.0 Å². The van der Waals surface area contributed by atoms with Gasteiger partial charge in [0.15, 0.2) is 0 Å². The average molecular weight is 408 g/mol. The van der Waals surface area contributed by atoms with Crippen molar-refractivity contribution >= 4 is 11.8 Å².